The summed E-state index contributed by atoms with van der Waals surface area (Å²) in [7, 11) is 3.36. The molecule has 0 N–H and O–H groups in total. The first kappa shape index (κ1) is 22.4. The van der Waals surface area contributed by atoms with E-state index in [4.69, 9.17) is 14.2 Å². The van der Waals surface area contributed by atoms with Crippen LogP contribution in [0.5, 0.6) is 11.5 Å². The van der Waals surface area contributed by atoms with Crippen LogP contribution in [0, 0.1) is 25.2 Å². The summed E-state index contributed by atoms with van der Waals surface area (Å²) >= 11 is 0. The molecule has 0 saturated carbocycles. The highest BCUT2D eigenvalue weighted by Gasteiger charge is 2.19. The number of hydrogen-bond donors (Lipinski definition) is 0. The fourth-order valence-electron chi connectivity index (χ4n) is 3.98. The maximum atomic E-state index is 13.0. The zero-order valence-corrected chi connectivity index (χ0v) is 18.8. The molecular formula is C24H29N3O4. The Labute approximate surface area is 183 Å². The van der Waals surface area contributed by atoms with E-state index in [1.54, 1.807) is 20.2 Å². The highest BCUT2D eigenvalue weighted by Crippen LogP contribution is 2.31. The Kier molecular flexibility index (Phi) is 7.03. The first-order chi connectivity index (χ1) is 14.8. The van der Waals surface area contributed by atoms with Crippen LogP contribution in [-0.4, -0.2) is 49.4 Å². The molecule has 7 nitrogen and oxygen atoms in total. The number of hydrogen-bond acceptors (Lipinski definition) is 5. The molecule has 2 aromatic rings. The third-order valence-electron chi connectivity index (χ3n) is 5.40. The monoisotopic (exact) mass is 423 g/mol. The highest BCUT2D eigenvalue weighted by molar-refractivity contribution is 6.01. The summed E-state index contributed by atoms with van der Waals surface area (Å²) in [6.07, 6.45) is 1.67. The normalized spacial score (nSPS) is 14.1. The molecule has 1 aromatic carbocycles. The maximum Gasteiger partial charge on any atom is 0.264 e. The summed E-state index contributed by atoms with van der Waals surface area (Å²) in [5.41, 5.74) is 3.92. The van der Waals surface area contributed by atoms with E-state index in [0.717, 1.165) is 22.5 Å². The highest BCUT2D eigenvalue weighted by atomic mass is 16.6. The van der Waals surface area contributed by atoms with Gasteiger partial charge in [0.1, 0.15) is 24.9 Å². The van der Waals surface area contributed by atoms with Gasteiger partial charge in [0.2, 0.25) is 0 Å². The Morgan fingerprint density at radius 2 is 2.00 bits per heavy atom. The molecule has 1 aliphatic rings. The predicted molar refractivity (Wildman–Crippen MR) is 118 cm³/mol. The van der Waals surface area contributed by atoms with Crippen LogP contribution in [0.1, 0.15) is 35.5 Å². The summed E-state index contributed by atoms with van der Waals surface area (Å²) < 4.78 is 18.6. The Morgan fingerprint density at radius 1 is 1.29 bits per heavy atom. The zero-order valence-electron chi connectivity index (χ0n) is 18.8. The largest absolute Gasteiger partial charge is 0.486 e. The molecule has 164 valence electrons. The van der Waals surface area contributed by atoms with Crippen molar-refractivity contribution < 1.29 is 19.0 Å². The second-order valence-corrected chi connectivity index (χ2v) is 7.81. The molecule has 0 spiro atoms. The number of amides is 1. The van der Waals surface area contributed by atoms with Crippen LogP contribution in [0.25, 0.3) is 6.08 Å². The summed E-state index contributed by atoms with van der Waals surface area (Å²) in [6, 6.07) is 9.84. The van der Waals surface area contributed by atoms with Crippen molar-refractivity contribution in [3.8, 4) is 17.6 Å². The van der Waals surface area contributed by atoms with Crippen LogP contribution >= 0.6 is 0 Å². The van der Waals surface area contributed by atoms with Gasteiger partial charge in [0, 0.05) is 32.1 Å². The minimum atomic E-state index is -0.327. The van der Waals surface area contributed by atoms with Crippen molar-refractivity contribution in [2.24, 2.45) is 0 Å². The minimum absolute atomic E-state index is 0.0969. The van der Waals surface area contributed by atoms with Crippen LogP contribution in [0.2, 0.25) is 0 Å². The molecule has 1 aliphatic heterocycles. The number of methoxy groups -OCH3 is 1. The molecular weight excluding hydrogens is 394 g/mol. The van der Waals surface area contributed by atoms with Gasteiger partial charge in [-0.3, -0.25) is 4.79 Å². The van der Waals surface area contributed by atoms with E-state index >= 15 is 0 Å². The fourth-order valence-corrected chi connectivity index (χ4v) is 3.98. The molecule has 31 heavy (non-hydrogen) atoms. The molecule has 0 aliphatic carbocycles. The van der Waals surface area contributed by atoms with E-state index in [1.165, 1.54) is 4.90 Å². The van der Waals surface area contributed by atoms with E-state index in [-0.39, 0.29) is 17.5 Å². The number of rotatable bonds is 7. The van der Waals surface area contributed by atoms with Gasteiger partial charge in [-0.1, -0.05) is 6.07 Å². The Balaban J connectivity index is 1.79. The third kappa shape index (κ3) is 4.92. The van der Waals surface area contributed by atoms with E-state index in [2.05, 4.69) is 17.6 Å². The van der Waals surface area contributed by atoms with Gasteiger partial charge in [-0.2, -0.15) is 5.26 Å². The van der Waals surface area contributed by atoms with Crippen LogP contribution in [0.15, 0.2) is 29.8 Å². The van der Waals surface area contributed by atoms with Crippen molar-refractivity contribution in [1.82, 2.24) is 9.47 Å². The van der Waals surface area contributed by atoms with E-state index in [9.17, 15) is 10.1 Å². The molecule has 1 unspecified atom stereocenters. The predicted octanol–water partition coefficient (Wildman–Crippen LogP) is 3.65. The van der Waals surface area contributed by atoms with Gasteiger partial charge in [-0.15, -0.1) is 0 Å². The van der Waals surface area contributed by atoms with E-state index < -0.39 is 0 Å². The fraction of sp³-hybridized carbons (Fsp3) is 0.417. The van der Waals surface area contributed by atoms with Gasteiger partial charge in [0.15, 0.2) is 11.5 Å². The summed E-state index contributed by atoms with van der Waals surface area (Å²) in [6.45, 7) is 8.07. The van der Waals surface area contributed by atoms with Gasteiger partial charge < -0.3 is 23.7 Å². The Bertz CT molecular complexity index is 1030. The number of ether oxygens (including phenoxy) is 3. The number of aromatic nitrogens is 1. The smallest absolute Gasteiger partial charge is 0.264 e. The lowest BCUT2D eigenvalue weighted by molar-refractivity contribution is -0.125. The van der Waals surface area contributed by atoms with E-state index in [0.29, 0.717) is 37.9 Å². The van der Waals surface area contributed by atoms with Gasteiger partial charge in [0.25, 0.3) is 5.91 Å². The van der Waals surface area contributed by atoms with Crippen LogP contribution in [0.3, 0.4) is 0 Å². The molecule has 7 heteroatoms. The number of nitriles is 1. The van der Waals surface area contributed by atoms with Gasteiger partial charge in [0.05, 0.1) is 12.6 Å². The molecule has 3 rings (SSSR count). The molecule has 0 radical (unpaired) electrons. The van der Waals surface area contributed by atoms with Crippen molar-refractivity contribution in [2.75, 3.05) is 34.0 Å². The van der Waals surface area contributed by atoms with Crippen molar-refractivity contribution >= 4 is 12.0 Å². The molecule has 0 fully saturated rings. The average Bonchev–Trinajstić information content (AvgIpc) is 3.04. The minimum Gasteiger partial charge on any atom is -0.486 e. The SMILES string of the molecule is COCC(C)n1c(C)cc(/C=C(\C#N)C(=O)N(C)Cc2ccc3c(c2)OCCO3)c1C. The standard InChI is InChI=1S/C24H29N3O4/c1-16-10-20(18(3)27(16)17(2)15-29-5)12-21(13-25)24(28)26(4)14-19-6-7-22-23(11-19)31-9-8-30-22/h6-7,10-12,17H,8-9,14-15H2,1-5H3/b21-12+. The lowest BCUT2D eigenvalue weighted by atomic mass is 10.1. The molecule has 0 bridgehead atoms. The second-order valence-electron chi connectivity index (χ2n) is 7.81. The number of aryl methyl sites for hydroxylation is 1. The second kappa shape index (κ2) is 9.71. The summed E-state index contributed by atoms with van der Waals surface area (Å²) in [5.74, 6) is 1.06. The van der Waals surface area contributed by atoms with Gasteiger partial charge >= 0.3 is 0 Å². The lowest BCUT2D eigenvalue weighted by Gasteiger charge is -2.21. The Morgan fingerprint density at radius 3 is 2.68 bits per heavy atom. The Hall–Kier alpha value is -3.24. The van der Waals surface area contributed by atoms with E-state index in [1.807, 2.05) is 38.1 Å². The molecule has 2 heterocycles. The first-order valence-electron chi connectivity index (χ1n) is 10.3. The number of carbonyl (C=O) groups is 1. The number of fused-ring (bicyclic) bond motifs is 1. The molecule has 1 aromatic heterocycles. The number of carbonyl (C=O) groups excluding carboxylic acids is 1. The average molecular weight is 424 g/mol. The first-order valence-corrected chi connectivity index (χ1v) is 10.3. The topological polar surface area (TPSA) is 76.7 Å². The number of nitrogens with zero attached hydrogens (tertiary/aromatic N) is 3. The van der Waals surface area contributed by atoms with Crippen LogP contribution in [0.4, 0.5) is 0 Å². The van der Waals surface area contributed by atoms with Gasteiger partial charge in [-0.05, 0) is 56.2 Å². The van der Waals surface area contributed by atoms with Crippen molar-refractivity contribution in [3.05, 3.63) is 52.4 Å². The maximum absolute atomic E-state index is 13.0. The molecule has 0 saturated heterocycles. The van der Waals surface area contributed by atoms with Crippen molar-refractivity contribution in [2.45, 2.75) is 33.4 Å². The lowest BCUT2D eigenvalue weighted by Crippen LogP contribution is -2.27. The van der Waals surface area contributed by atoms with Gasteiger partial charge in [-0.25, -0.2) is 0 Å². The molecule has 1 amide bonds. The van der Waals surface area contributed by atoms with Crippen LogP contribution in [-0.2, 0) is 16.1 Å². The molecule has 1 atom stereocenters. The third-order valence-corrected chi connectivity index (χ3v) is 5.40. The van der Waals surface area contributed by atoms with Crippen LogP contribution < -0.4 is 9.47 Å². The number of likely N-dealkylation sites (N-methyl/N-ethyl adjacent to an activating group) is 1. The summed E-state index contributed by atoms with van der Waals surface area (Å²) in [5, 5.41) is 9.66. The quantitative estimate of drug-likeness (QED) is 0.502. The summed E-state index contributed by atoms with van der Waals surface area (Å²) in [4.78, 5) is 14.5. The zero-order chi connectivity index (χ0) is 22.5. The van der Waals surface area contributed by atoms with Crippen molar-refractivity contribution in [3.63, 3.8) is 0 Å². The van der Waals surface area contributed by atoms with Crippen molar-refractivity contribution in [1.29, 1.82) is 5.26 Å². The number of benzene rings is 1.